The quantitative estimate of drug-likeness (QED) is 0.586. The Morgan fingerprint density at radius 3 is 2.36 bits per heavy atom. The molecule has 1 aliphatic rings. The summed E-state index contributed by atoms with van der Waals surface area (Å²) in [6.45, 7) is 3.99. The van der Waals surface area contributed by atoms with E-state index in [-0.39, 0.29) is 5.91 Å². The van der Waals surface area contributed by atoms with Gasteiger partial charge in [-0.15, -0.1) is 10.2 Å². The van der Waals surface area contributed by atoms with Gasteiger partial charge in [-0.1, -0.05) is 29.5 Å². The second-order valence-corrected chi connectivity index (χ2v) is 7.85. The number of benzene rings is 2. The van der Waals surface area contributed by atoms with Crippen LogP contribution in [0.4, 0.5) is 5.69 Å². The zero-order chi connectivity index (χ0) is 19.5. The van der Waals surface area contributed by atoms with Crippen molar-refractivity contribution < 1.29 is 9.53 Å². The van der Waals surface area contributed by atoms with Gasteiger partial charge in [0.1, 0.15) is 17.3 Å². The first kappa shape index (κ1) is 18.6. The number of amides is 1. The molecular formula is C21H22N4O2S. The highest BCUT2D eigenvalue weighted by Crippen LogP contribution is 2.38. The standard InChI is InChI=1S/C21H22N4O2S/c1-14-3-9-18(10-4-14)27-19-11-5-16(6-12-19)22-20(26)13-28-21-24-23-15(2)25(21)17-7-8-17/h3-6,9-12,17H,7-8,13H2,1-2H3,(H,22,26). The van der Waals surface area contributed by atoms with E-state index in [0.29, 0.717) is 11.8 Å². The van der Waals surface area contributed by atoms with Crippen LogP contribution in [0.2, 0.25) is 0 Å². The van der Waals surface area contributed by atoms with Crippen molar-refractivity contribution >= 4 is 23.4 Å². The fourth-order valence-electron chi connectivity index (χ4n) is 2.88. The highest BCUT2D eigenvalue weighted by atomic mass is 32.2. The summed E-state index contributed by atoms with van der Waals surface area (Å²) in [5.41, 5.74) is 1.93. The van der Waals surface area contributed by atoms with Crippen molar-refractivity contribution in [1.29, 1.82) is 0 Å². The summed E-state index contributed by atoms with van der Waals surface area (Å²) >= 11 is 1.42. The predicted octanol–water partition coefficient (Wildman–Crippen LogP) is 4.75. The van der Waals surface area contributed by atoms with Crippen LogP contribution in [0.3, 0.4) is 0 Å². The zero-order valence-corrected chi connectivity index (χ0v) is 16.7. The first-order chi connectivity index (χ1) is 13.6. The third-order valence-electron chi connectivity index (χ3n) is 4.47. The van der Waals surface area contributed by atoms with Gasteiger partial charge in [-0.05, 0) is 63.1 Å². The second kappa shape index (κ2) is 8.06. The first-order valence-electron chi connectivity index (χ1n) is 9.27. The van der Waals surface area contributed by atoms with Crippen molar-refractivity contribution in [3.05, 3.63) is 59.9 Å². The maximum atomic E-state index is 12.3. The number of anilines is 1. The third kappa shape index (κ3) is 4.54. The van der Waals surface area contributed by atoms with E-state index in [0.717, 1.165) is 41.0 Å². The lowest BCUT2D eigenvalue weighted by molar-refractivity contribution is -0.113. The molecule has 28 heavy (non-hydrogen) atoms. The predicted molar refractivity (Wildman–Crippen MR) is 110 cm³/mol. The fourth-order valence-corrected chi connectivity index (χ4v) is 3.73. The molecule has 0 spiro atoms. The number of hydrogen-bond donors (Lipinski definition) is 1. The van der Waals surface area contributed by atoms with E-state index in [4.69, 9.17) is 4.74 Å². The van der Waals surface area contributed by atoms with Crippen LogP contribution in [0.15, 0.2) is 53.7 Å². The summed E-state index contributed by atoms with van der Waals surface area (Å²) in [7, 11) is 0. The van der Waals surface area contributed by atoms with Crippen molar-refractivity contribution in [1.82, 2.24) is 14.8 Å². The van der Waals surface area contributed by atoms with Crippen molar-refractivity contribution in [2.24, 2.45) is 0 Å². The highest BCUT2D eigenvalue weighted by Gasteiger charge is 2.28. The van der Waals surface area contributed by atoms with Crippen molar-refractivity contribution in [2.45, 2.75) is 37.9 Å². The molecule has 144 valence electrons. The number of aryl methyl sites for hydroxylation is 2. The first-order valence-corrected chi connectivity index (χ1v) is 10.3. The molecule has 0 radical (unpaired) electrons. The van der Waals surface area contributed by atoms with Gasteiger partial charge in [0, 0.05) is 11.7 Å². The van der Waals surface area contributed by atoms with Gasteiger partial charge in [-0.2, -0.15) is 0 Å². The molecule has 0 atom stereocenters. The van der Waals surface area contributed by atoms with Gasteiger partial charge in [0.05, 0.1) is 5.75 Å². The zero-order valence-electron chi connectivity index (χ0n) is 15.9. The van der Waals surface area contributed by atoms with Crippen LogP contribution >= 0.6 is 11.8 Å². The summed E-state index contributed by atoms with van der Waals surface area (Å²) in [6.07, 6.45) is 2.32. The molecular weight excluding hydrogens is 372 g/mol. The SMILES string of the molecule is Cc1ccc(Oc2ccc(NC(=O)CSc3nnc(C)n3C3CC3)cc2)cc1. The van der Waals surface area contributed by atoms with Crippen LogP contribution in [0.25, 0.3) is 0 Å². The van der Waals surface area contributed by atoms with Gasteiger partial charge in [0.25, 0.3) is 0 Å². The van der Waals surface area contributed by atoms with Crippen LogP contribution in [0.5, 0.6) is 11.5 Å². The van der Waals surface area contributed by atoms with Gasteiger partial charge < -0.3 is 14.6 Å². The Bertz CT molecular complexity index is 963. The van der Waals surface area contributed by atoms with E-state index in [2.05, 4.69) is 20.1 Å². The molecule has 1 saturated carbocycles. The lowest BCUT2D eigenvalue weighted by Gasteiger charge is -2.09. The Morgan fingerprint density at radius 2 is 1.71 bits per heavy atom. The minimum atomic E-state index is -0.0693. The Kier molecular flexibility index (Phi) is 5.34. The number of rotatable bonds is 7. The Balaban J connectivity index is 1.30. The number of ether oxygens (including phenoxy) is 1. The number of carbonyl (C=O) groups excluding carboxylic acids is 1. The molecule has 0 aliphatic heterocycles. The normalized spacial score (nSPS) is 13.4. The van der Waals surface area contributed by atoms with Crippen LogP contribution in [0.1, 0.15) is 30.3 Å². The molecule has 4 rings (SSSR count). The molecule has 1 aromatic heterocycles. The average molecular weight is 395 g/mol. The summed E-state index contributed by atoms with van der Waals surface area (Å²) in [5, 5.41) is 12.1. The molecule has 3 aromatic rings. The smallest absolute Gasteiger partial charge is 0.234 e. The van der Waals surface area contributed by atoms with Crippen LogP contribution in [-0.2, 0) is 4.79 Å². The van der Waals surface area contributed by atoms with E-state index < -0.39 is 0 Å². The Hall–Kier alpha value is -2.80. The summed E-state index contributed by atoms with van der Waals surface area (Å²) in [6, 6.07) is 15.7. The summed E-state index contributed by atoms with van der Waals surface area (Å²) in [4.78, 5) is 12.3. The number of carbonyl (C=O) groups is 1. The number of aromatic nitrogens is 3. The third-order valence-corrected chi connectivity index (χ3v) is 5.42. The van der Waals surface area contributed by atoms with Crippen LogP contribution in [-0.4, -0.2) is 26.4 Å². The molecule has 1 fully saturated rings. The maximum Gasteiger partial charge on any atom is 0.234 e. The largest absolute Gasteiger partial charge is 0.457 e. The summed E-state index contributed by atoms with van der Waals surface area (Å²) in [5.74, 6) is 2.65. The van der Waals surface area contributed by atoms with Gasteiger partial charge in [-0.25, -0.2) is 0 Å². The van der Waals surface area contributed by atoms with E-state index in [1.165, 1.54) is 17.3 Å². The average Bonchev–Trinajstić information content (AvgIpc) is 3.46. The van der Waals surface area contributed by atoms with E-state index in [1.54, 1.807) is 0 Å². The molecule has 6 nitrogen and oxygen atoms in total. The Labute approximate surface area is 168 Å². The van der Waals surface area contributed by atoms with Crippen molar-refractivity contribution in [2.75, 3.05) is 11.1 Å². The molecule has 0 bridgehead atoms. The number of hydrogen-bond acceptors (Lipinski definition) is 5. The fraction of sp³-hybridized carbons (Fsp3) is 0.286. The van der Waals surface area contributed by atoms with E-state index in [1.807, 2.05) is 62.4 Å². The van der Waals surface area contributed by atoms with Crippen LogP contribution < -0.4 is 10.1 Å². The molecule has 0 saturated heterocycles. The van der Waals surface area contributed by atoms with Crippen LogP contribution in [0, 0.1) is 13.8 Å². The highest BCUT2D eigenvalue weighted by molar-refractivity contribution is 7.99. The topological polar surface area (TPSA) is 69.0 Å². The van der Waals surface area contributed by atoms with Gasteiger partial charge in [0.15, 0.2) is 5.16 Å². The van der Waals surface area contributed by atoms with E-state index in [9.17, 15) is 4.79 Å². The molecule has 1 aliphatic carbocycles. The van der Waals surface area contributed by atoms with Gasteiger partial charge in [-0.3, -0.25) is 4.79 Å². The number of nitrogens with one attached hydrogen (secondary N) is 1. The number of thioether (sulfide) groups is 1. The summed E-state index contributed by atoms with van der Waals surface area (Å²) < 4.78 is 7.94. The van der Waals surface area contributed by atoms with Gasteiger partial charge in [0.2, 0.25) is 5.91 Å². The van der Waals surface area contributed by atoms with Crippen molar-refractivity contribution in [3.63, 3.8) is 0 Å². The number of nitrogens with zero attached hydrogens (tertiary/aromatic N) is 3. The van der Waals surface area contributed by atoms with Crippen molar-refractivity contribution in [3.8, 4) is 11.5 Å². The molecule has 2 aromatic carbocycles. The molecule has 7 heteroatoms. The molecule has 1 amide bonds. The monoisotopic (exact) mass is 394 g/mol. The lowest BCUT2D eigenvalue weighted by Crippen LogP contribution is -2.14. The maximum absolute atomic E-state index is 12.3. The molecule has 0 unspecified atom stereocenters. The molecule has 1 heterocycles. The minimum absolute atomic E-state index is 0.0693. The minimum Gasteiger partial charge on any atom is -0.457 e. The second-order valence-electron chi connectivity index (χ2n) is 6.91. The Morgan fingerprint density at radius 1 is 1.07 bits per heavy atom. The lowest BCUT2D eigenvalue weighted by atomic mass is 10.2. The van der Waals surface area contributed by atoms with Gasteiger partial charge >= 0.3 is 0 Å². The van der Waals surface area contributed by atoms with E-state index >= 15 is 0 Å². The molecule has 1 N–H and O–H groups in total.